The number of amides is 1. The van der Waals surface area contributed by atoms with E-state index in [0.717, 1.165) is 18.9 Å². The van der Waals surface area contributed by atoms with Crippen LogP contribution in [0.3, 0.4) is 0 Å². The Morgan fingerprint density at radius 2 is 1.94 bits per heavy atom. The van der Waals surface area contributed by atoms with Gasteiger partial charge < -0.3 is 15.2 Å². The molecule has 0 rings (SSSR count). The number of hydrogen-bond acceptors (Lipinski definition) is 3. The van der Waals surface area contributed by atoms with Gasteiger partial charge in [0.1, 0.15) is 6.04 Å². The molecular formula is C12H25NO4Si. The lowest BCUT2D eigenvalue weighted by Crippen LogP contribution is -2.41. The van der Waals surface area contributed by atoms with E-state index in [9.17, 15) is 9.59 Å². The maximum absolute atomic E-state index is 11.4. The fourth-order valence-corrected chi connectivity index (χ4v) is 2.01. The Balaban J connectivity index is 3.99. The molecule has 18 heavy (non-hydrogen) atoms. The zero-order chi connectivity index (χ0) is 14.2. The predicted molar refractivity (Wildman–Crippen MR) is 73.6 cm³/mol. The molecule has 0 aromatic rings. The van der Waals surface area contributed by atoms with Gasteiger partial charge in [0, 0.05) is 8.07 Å². The number of aliphatic carboxylic acids is 1. The SMILES string of the molecule is CCCCC(NC(=O)OCC[Si](C)(C)C)C(=O)O. The van der Waals surface area contributed by atoms with Crippen LogP contribution >= 0.6 is 0 Å². The number of carbonyl (C=O) groups is 2. The number of carbonyl (C=O) groups excluding carboxylic acids is 1. The number of carboxylic acid groups (broad SMARTS) is 1. The smallest absolute Gasteiger partial charge is 0.407 e. The second-order valence-electron chi connectivity index (χ2n) is 5.62. The summed E-state index contributed by atoms with van der Waals surface area (Å²) in [5.74, 6) is -1.01. The highest BCUT2D eigenvalue weighted by Crippen LogP contribution is 2.08. The second-order valence-corrected chi connectivity index (χ2v) is 11.2. The highest BCUT2D eigenvalue weighted by Gasteiger charge is 2.20. The van der Waals surface area contributed by atoms with Gasteiger partial charge in [0.2, 0.25) is 0 Å². The molecule has 0 saturated carbocycles. The molecule has 0 aromatic carbocycles. The fraction of sp³-hybridized carbons (Fsp3) is 0.833. The van der Waals surface area contributed by atoms with Gasteiger partial charge in [-0.1, -0.05) is 39.4 Å². The summed E-state index contributed by atoms with van der Waals surface area (Å²) >= 11 is 0. The topological polar surface area (TPSA) is 75.6 Å². The summed E-state index contributed by atoms with van der Waals surface area (Å²) < 4.78 is 5.00. The Labute approximate surface area is 110 Å². The van der Waals surface area contributed by atoms with E-state index in [1.807, 2.05) is 6.92 Å². The molecule has 0 aliphatic heterocycles. The largest absolute Gasteiger partial charge is 0.480 e. The Morgan fingerprint density at radius 3 is 2.39 bits per heavy atom. The maximum atomic E-state index is 11.4. The number of hydrogen-bond donors (Lipinski definition) is 2. The third-order valence-electron chi connectivity index (χ3n) is 2.52. The summed E-state index contributed by atoms with van der Waals surface area (Å²) in [7, 11) is -1.23. The lowest BCUT2D eigenvalue weighted by molar-refractivity contribution is -0.139. The van der Waals surface area contributed by atoms with Gasteiger partial charge >= 0.3 is 12.1 Å². The van der Waals surface area contributed by atoms with Crippen molar-refractivity contribution < 1.29 is 19.4 Å². The maximum Gasteiger partial charge on any atom is 0.407 e. The Morgan fingerprint density at radius 1 is 1.33 bits per heavy atom. The zero-order valence-electron chi connectivity index (χ0n) is 11.8. The molecule has 0 radical (unpaired) electrons. The van der Waals surface area contributed by atoms with Crippen LogP contribution in [0, 0.1) is 0 Å². The van der Waals surface area contributed by atoms with Crippen LogP contribution in [0.5, 0.6) is 0 Å². The van der Waals surface area contributed by atoms with Gasteiger partial charge in [-0.3, -0.25) is 0 Å². The van der Waals surface area contributed by atoms with Crippen LogP contribution in [0.4, 0.5) is 4.79 Å². The highest BCUT2D eigenvalue weighted by atomic mass is 28.3. The third-order valence-corrected chi connectivity index (χ3v) is 4.23. The zero-order valence-corrected chi connectivity index (χ0v) is 12.8. The Bertz CT molecular complexity index is 276. The van der Waals surface area contributed by atoms with Gasteiger partial charge in [-0.15, -0.1) is 0 Å². The van der Waals surface area contributed by atoms with Gasteiger partial charge in [-0.2, -0.15) is 0 Å². The lowest BCUT2D eigenvalue weighted by atomic mass is 10.1. The van der Waals surface area contributed by atoms with E-state index in [-0.39, 0.29) is 0 Å². The van der Waals surface area contributed by atoms with Crippen LogP contribution in [-0.2, 0) is 9.53 Å². The van der Waals surface area contributed by atoms with E-state index in [1.54, 1.807) is 0 Å². The monoisotopic (exact) mass is 275 g/mol. The molecule has 106 valence electrons. The minimum absolute atomic E-state index is 0.363. The van der Waals surface area contributed by atoms with Gasteiger partial charge in [-0.05, 0) is 12.5 Å². The van der Waals surface area contributed by atoms with Crippen LogP contribution in [0.2, 0.25) is 25.7 Å². The number of nitrogens with one attached hydrogen (secondary N) is 1. The molecule has 0 aromatic heterocycles. The van der Waals surface area contributed by atoms with Crippen molar-refractivity contribution in [1.82, 2.24) is 5.32 Å². The standard InChI is InChI=1S/C12H25NO4Si/c1-5-6-7-10(11(14)15)13-12(16)17-8-9-18(2,3)4/h10H,5-9H2,1-4H3,(H,13,16)(H,14,15). The van der Waals surface area contributed by atoms with E-state index in [0.29, 0.717) is 13.0 Å². The molecule has 0 saturated heterocycles. The second kappa shape index (κ2) is 8.13. The summed E-state index contributed by atoms with van der Waals surface area (Å²) in [4.78, 5) is 22.3. The van der Waals surface area contributed by atoms with Crippen molar-refractivity contribution in [3.8, 4) is 0 Å². The molecule has 5 nitrogen and oxygen atoms in total. The average Bonchev–Trinajstić information content (AvgIpc) is 2.21. The normalized spacial score (nSPS) is 12.9. The molecule has 0 aliphatic rings. The van der Waals surface area contributed by atoms with Crippen molar-refractivity contribution in [2.75, 3.05) is 6.61 Å². The van der Waals surface area contributed by atoms with Crippen molar-refractivity contribution in [2.24, 2.45) is 0 Å². The van der Waals surface area contributed by atoms with E-state index >= 15 is 0 Å². The first-order chi connectivity index (χ1) is 8.26. The molecule has 6 heteroatoms. The fourth-order valence-electron chi connectivity index (χ4n) is 1.30. The first-order valence-corrected chi connectivity index (χ1v) is 10.1. The summed E-state index contributed by atoms with van der Waals surface area (Å²) in [5, 5.41) is 11.3. The Hall–Kier alpha value is -1.04. The Kier molecular flexibility index (Phi) is 7.66. The summed E-state index contributed by atoms with van der Waals surface area (Å²) in [6, 6.07) is 0.0389. The molecule has 1 amide bonds. The van der Waals surface area contributed by atoms with Crippen LogP contribution < -0.4 is 5.32 Å². The quantitative estimate of drug-likeness (QED) is 0.668. The molecule has 2 N–H and O–H groups in total. The van der Waals surface area contributed by atoms with Gasteiger partial charge in [0.15, 0.2) is 0 Å². The van der Waals surface area contributed by atoms with Gasteiger partial charge in [-0.25, -0.2) is 9.59 Å². The van der Waals surface area contributed by atoms with Gasteiger partial charge in [0.25, 0.3) is 0 Å². The molecular weight excluding hydrogens is 250 g/mol. The average molecular weight is 275 g/mol. The van der Waals surface area contributed by atoms with E-state index < -0.39 is 26.2 Å². The van der Waals surface area contributed by atoms with Crippen molar-refractivity contribution in [3.05, 3.63) is 0 Å². The van der Waals surface area contributed by atoms with Crippen LogP contribution in [0.1, 0.15) is 26.2 Å². The molecule has 0 bridgehead atoms. The molecule has 1 unspecified atom stereocenters. The third kappa shape index (κ3) is 9.04. The predicted octanol–water partition coefficient (Wildman–Crippen LogP) is 2.69. The summed E-state index contributed by atoms with van der Waals surface area (Å²) in [6.07, 6.45) is 1.48. The lowest BCUT2D eigenvalue weighted by Gasteiger charge is -2.17. The van der Waals surface area contributed by atoms with Crippen LogP contribution in [0.25, 0.3) is 0 Å². The first kappa shape index (κ1) is 17.0. The van der Waals surface area contributed by atoms with Crippen LogP contribution in [0.15, 0.2) is 0 Å². The molecule has 0 fully saturated rings. The van der Waals surface area contributed by atoms with E-state index in [4.69, 9.17) is 9.84 Å². The number of unbranched alkanes of at least 4 members (excludes halogenated alkanes) is 1. The van der Waals surface area contributed by atoms with Crippen molar-refractivity contribution in [1.29, 1.82) is 0 Å². The van der Waals surface area contributed by atoms with Crippen molar-refractivity contribution in [3.63, 3.8) is 0 Å². The minimum Gasteiger partial charge on any atom is -0.480 e. The van der Waals surface area contributed by atoms with Crippen LogP contribution in [-0.4, -0.2) is 37.9 Å². The molecule has 0 aliphatic carbocycles. The first-order valence-electron chi connectivity index (χ1n) is 6.42. The van der Waals surface area contributed by atoms with Crippen molar-refractivity contribution in [2.45, 2.75) is 57.9 Å². The summed E-state index contributed by atoms with van der Waals surface area (Å²) in [5.41, 5.74) is 0. The number of carboxylic acids is 1. The molecule has 0 spiro atoms. The van der Waals surface area contributed by atoms with E-state index in [1.165, 1.54) is 0 Å². The highest BCUT2D eigenvalue weighted by molar-refractivity contribution is 6.76. The number of rotatable bonds is 8. The minimum atomic E-state index is -1.23. The van der Waals surface area contributed by atoms with E-state index in [2.05, 4.69) is 25.0 Å². The number of ether oxygens (including phenoxy) is 1. The van der Waals surface area contributed by atoms with Crippen molar-refractivity contribution >= 4 is 20.1 Å². The number of alkyl carbamates (subject to hydrolysis) is 1. The molecule has 0 heterocycles. The van der Waals surface area contributed by atoms with Gasteiger partial charge in [0.05, 0.1) is 6.61 Å². The summed E-state index contributed by atoms with van der Waals surface area (Å²) in [6.45, 7) is 8.91. The molecule has 1 atom stereocenters.